The van der Waals surface area contributed by atoms with Crippen molar-refractivity contribution in [3.8, 4) is 5.75 Å². The summed E-state index contributed by atoms with van der Waals surface area (Å²) >= 11 is 0. The van der Waals surface area contributed by atoms with Gasteiger partial charge in [0.2, 0.25) is 0 Å². The summed E-state index contributed by atoms with van der Waals surface area (Å²) in [6.07, 6.45) is 0. The molecule has 4 heteroatoms. The van der Waals surface area contributed by atoms with Crippen molar-refractivity contribution >= 4 is 5.91 Å². The van der Waals surface area contributed by atoms with Crippen LogP contribution in [-0.2, 0) is 4.79 Å². The molecule has 0 heterocycles. The number of benzene rings is 1. The maximum absolute atomic E-state index is 12.5. The van der Waals surface area contributed by atoms with Crippen LogP contribution in [0.3, 0.4) is 0 Å². The average molecular weight is 306 g/mol. The van der Waals surface area contributed by atoms with Crippen molar-refractivity contribution < 1.29 is 9.53 Å². The summed E-state index contributed by atoms with van der Waals surface area (Å²) in [6, 6.07) is 7.97. The number of likely N-dealkylation sites (N-methyl/N-ethyl adjacent to an activating group) is 2. The Morgan fingerprint density at radius 2 is 1.64 bits per heavy atom. The van der Waals surface area contributed by atoms with Crippen molar-refractivity contribution in [2.45, 2.75) is 39.2 Å². The van der Waals surface area contributed by atoms with Crippen molar-refractivity contribution in [3.63, 3.8) is 0 Å². The number of hydrogen-bond acceptors (Lipinski definition) is 3. The van der Waals surface area contributed by atoms with Gasteiger partial charge in [0, 0.05) is 20.1 Å². The van der Waals surface area contributed by atoms with Crippen LogP contribution in [-0.4, -0.2) is 55.5 Å². The molecule has 124 valence electrons. The van der Waals surface area contributed by atoms with Gasteiger partial charge < -0.3 is 14.5 Å². The third-order valence-corrected chi connectivity index (χ3v) is 3.66. The summed E-state index contributed by atoms with van der Waals surface area (Å²) in [5, 5.41) is 0. The number of rotatable bonds is 7. The number of ether oxygens (including phenoxy) is 1. The molecule has 1 aromatic rings. The fraction of sp³-hybridized carbons (Fsp3) is 0.611. The zero-order chi connectivity index (χ0) is 16.9. The standard InChI is InChI=1S/C18H30N2O2/c1-14(2)15-8-10-16(11-9-15)22-18(3,4)17(21)20(7)13-12-19(5)6/h8-11,14H,12-13H2,1-7H3. The van der Waals surface area contributed by atoms with Gasteiger partial charge in [-0.1, -0.05) is 26.0 Å². The van der Waals surface area contributed by atoms with Crippen LogP contribution in [0.2, 0.25) is 0 Å². The number of carbonyl (C=O) groups is 1. The quantitative estimate of drug-likeness (QED) is 0.776. The zero-order valence-corrected chi connectivity index (χ0v) is 15.0. The predicted octanol–water partition coefficient (Wildman–Crippen LogP) is 2.99. The van der Waals surface area contributed by atoms with Crippen LogP contribution in [0.4, 0.5) is 0 Å². The van der Waals surface area contributed by atoms with E-state index in [0.717, 1.165) is 12.3 Å². The van der Waals surface area contributed by atoms with Gasteiger partial charge in [-0.15, -0.1) is 0 Å². The van der Waals surface area contributed by atoms with E-state index in [2.05, 4.69) is 30.9 Å². The molecule has 0 aliphatic carbocycles. The molecule has 0 unspecified atom stereocenters. The molecule has 4 nitrogen and oxygen atoms in total. The molecule has 0 spiro atoms. The predicted molar refractivity (Wildman–Crippen MR) is 91.4 cm³/mol. The first-order chi connectivity index (χ1) is 10.1. The Morgan fingerprint density at radius 1 is 1.09 bits per heavy atom. The highest BCUT2D eigenvalue weighted by Gasteiger charge is 2.32. The van der Waals surface area contributed by atoms with Crippen molar-refractivity contribution in [2.75, 3.05) is 34.2 Å². The monoisotopic (exact) mass is 306 g/mol. The minimum absolute atomic E-state index is 0.0118. The summed E-state index contributed by atoms with van der Waals surface area (Å²) in [4.78, 5) is 16.3. The minimum Gasteiger partial charge on any atom is -0.478 e. The first-order valence-electron chi connectivity index (χ1n) is 7.82. The van der Waals surface area contributed by atoms with Crippen LogP contribution < -0.4 is 4.74 Å². The molecule has 0 fully saturated rings. The Labute approximate surface area is 135 Å². The van der Waals surface area contributed by atoms with Crippen molar-refractivity contribution in [1.29, 1.82) is 0 Å². The van der Waals surface area contributed by atoms with Crippen LogP contribution in [0.15, 0.2) is 24.3 Å². The van der Waals surface area contributed by atoms with Gasteiger partial charge in [-0.25, -0.2) is 0 Å². The van der Waals surface area contributed by atoms with E-state index in [1.165, 1.54) is 5.56 Å². The van der Waals surface area contributed by atoms with Gasteiger partial charge in [0.25, 0.3) is 5.91 Å². The molecule has 0 atom stereocenters. The molecule has 0 saturated heterocycles. The number of nitrogens with zero attached hydrogens (tertiary/aromatic N) is 2. The molecule has 0 radical (unpaired) electrons. The second-order valence-electron chi connectivity index (χ2n) is 6.87. The van der Waals surface area contributed by atoms with Crippen LogP contribution in [0.5, 0.6) is 5.75 Å². The Morgan fingerprint density at radius 3 is 2.09 bits per heavy atom. The Bertz CT molecular complexity index is 478. The summed E-state index contributed by atoms with van der Waals surface area (Å²) in [5.74, 6) is 1.20. The second-order valence-corrected chi connectivity index (χ2v) is 6.87. The van der Waals surface area contributed by atoms with E-state index < -0.39 is 5.60 Å². The Kier molecular flexibility index (Phi) is 6.42. The van der Waals surface area contributed by atoms with E-state index in [4.69, 9.17) is 4.74 Å². The van der Waals surface area contributed by atoms with Gasteiger partial charge in [0.15, 0.2) is 5.60 Å². The molecule has 1 aromatic carbocycles. The largest absolute Gasteiger partial charge is 0.478 e. The maximum Gasteiger partial charge on any atom is 0.265 e. The van der Waals surface area contributed by atoms with Gasteiger partial charge in [-0.3, -0.25) is 4.79 Å². The summed E-state index contributed by atoms with van der Waals surface area (Å²) in [5.41, 5.74) is 0.389. The van der Waals surface area contributed by atoms with Crippen LogP contribution in [0, 0.1) is 0 Å². The molecule has 0 bridgehead atoms. The van der Waals surface area contributed by atoms with E-state index in [1.807, 2.05) is 47.1 Å². The summed E-state index contributed by atoms with van der Waals surface area (Å²) in [6.45, 7) is 9.47. The smallest absolute Gasteiger partial charge is 0.265 e. The first-order valence-corrected chi connectivity index (χ1v) is 7.82. The van der Waals surface area contributed by atoms with Gasteiger partial charge in [-0.2, -0.15) is 0 Å². The molecule has 0 N–H and O–H groups in total. The Balaban J connectivity index is 2.70. The lowest BCUT2D eigenvalue weighted by Crippen LogP contribution is -2.48. The van der Waals surface area contributed by atoms with Crippen molar-refractivity contribution in [1.82, 2.24) is 9.80 Å². The number of carbonyl (C=O) groups excluding carboxylic acids is 1. The highest BCUT2D eigenvalue weighted by atomic mass is 16.5. The van der Waals surface area contributed by atoms with E-state index in [1.54, 1.807) is 4.90 Å². The van der Waals surface area contributed by atoms with Crippen LogP contribution >= 0.6 is 0 Å². The lowest BCUT2D eigenvalue weighted by Gasteiger charge is -2.30. The van der Waals surface area contributed by atoms with Gasteiger partial charge in [0.05, 0.1) is 0 Å². The minimum atomic E-state index is -0.875. The lowest BCUT2D eigenvalue weighted by atomic mass is 10.0. The van der Waals surface area contributed by atoms with E-state index in [-0.39, 0.29) is 5.91 Å². The van der Waals surface area contributed by atoms with Crippen LogP contribution in [0.1, 0.15) is 39.2 Å². The summed E-state index contributed by atoms with van der Waals surface area (Å²) in [7, 11) is 5.81. The van der Waals surface area contributed by atoms with Gasteiger partial charge >= 0.3 is 0 Å². The number of amides is 1. The zero-order valence-electron chi connectivity index (χ0n) is 15.0. The van der Waals surface area contributed by atoms with Crippen molar-refractivity contribution in [2.24, 2.45) is 0 Å². The molecule has 0 saturated carbocycles. The SMILES string of the molecule is CC(C)c1ccc(OC(C)(C)C(=O)N(C)CCN(C)C)cc1. The van der Waals surface area contributed by atoms with E-state index in [0.29, 0.717) is 12.5 Å². The molecule has 22 heavy (non-hydrogen) atoms. The normalized spacial score (nSPS) is 11.9. The highest BCUT2D eigenvalue weighted by Crippen LogP contribution is 2.23. The highest BCUT2D eigenvalue weighted by molar-refractivity contribution is 5.84. The fourth-order valence-corrected chi connectivity index (χ4v) is 2.17. The van der Waals surface area contributed by atoms with Gasteiger partial charge in [-0.05, 0) is 51.6 Å². The lowest BCUT2D eigenvalue weighted by molar-refractivity contribution is -0.144. The maximum atomic E-state index is 12.5. The topological polar surface area (TPSA) is 32.8 Å². The third kappa shape index (κ3) is 5.34. The van der Waals surface area contributed by atoms with Crippen LogP contribution in [0.25, 0.3) is 0 Å². The van der Waals surface area contributed by atoms with Crippen molar-refractivity contribution in [3.05, 3.63) is 29.8 Å². The van der Waals surface area contributed by atoms with Gasteiger partial charge in [0.1, 0.15) is 5.75 Å². The third-order valence-electron chi connectivity index (χ3n) is 3.66. The molecule has 1 amide bonds. The number of hydrogen-bond donors (Lipinski definition) is 0. The second kappa shape index (κ2) is 7.63. The Hall–Kier alpha value is -1.55. The average Bonchev–Trinajstić information content (AvgIpc) is 2.44. The summed E-state index contributed by atoms with van der Waals surface area (Å²) < 4.78 is 5.92. The molecule has 1 rings (SSSR count). The molecule has 0 aliphatic rings. The molecule has 0 aliphatic heterocycles. The van der Waals surface area contributed by atoms with E-state index in [9.17, 15) is 4.79 Å². The fourth-order valence-electron chi connectivity index (χ4n) is 2.17. The molecule has 0 aromatic heterocycles. The molecular formula is C18H30N2O2. The first kappa shape index (κ1) is 18.5. The molecular weight excluding hydrogens is 276 g/mol. The van der Waals surface area contributed by atoms with E-state index >= 15 is 0 Å².